The number of halogens is 1. The molecule has 0 bridgehead atoms. The minimum Gasteiger partial charge on any atom is -0.453 e. The summed E-state index contributed by atoms with van der Waals surface area (Å²) in [7, 11) is 0. The highest BCUT2D eigenvalue weighted by Gasteiger charge is 2.40. The van der Waals surface area contributed by atoms with Crippen LogP contribution in [0.25, 0.3) is 0 Å². The van der Waals surface area contributed by atoms with Crippen molar-refractivity contribution in [3.63, 3.8) is 0 Å². The fraction of sp³-hybridized carbons (Fsp3) is 0.300. The van der Waals surface area contributed by atoms with Crippen LogP contribution in [-0.2, 0) is 9.53 Å². The van der Waals surface area contributed by atoms with E-state index in [4.69, 9.17) is 0 Å². The average molecular weight is 179 g/mol. The van der Waals surface area contributed by atoms with Crippen LogP contribution >= 0.6 is 0 Å². The Balaban J connectivity index is 2.03. The minimum absolute atomic E-state index is 0.0528. The van der Waals surface area contributed by atoms with Gasteiger partial charge in [-0.05, 0) is 24.1 Å². The van der Waals surface area contributed by atoms with Gasteiger partial charge in [-0.15, -0.1) is 0 Å². The summed E-state index contributed by atoms with van der Waals surface area (Å²) in [5, 5.41) is 0. The second kappa shape index (κ2) is 3.17. The molecule has 0 aliphatic heterocycles. The molecule has 2 atom stereocenters. The van der Waals surface area contributed by atoms with Gasteiger partial charge in [0.25, 0.3) is 0 Å². The first-order chi connectivity index (χ1) is 6.31. The van der Waals surface area contributed by atoms with Crippen LogP contribution < -0.4 is 0 Å². The number of rotatable bonds is 3. The summed E-state index contributed by atoms with van der Waals surface area (Å²) >= 11 is 0. The number of ether oxygens (including phenoxy) is 1. The second-order valence-electron chi connectivity index (χ2n) is 3.13. The van der Waals surface area contributed by atoms with E-state index in [0.29, 0.717) is 0 Å². The zero-order valence-electron chi connectivity index (χ0n) is 6.87. The highest BCUT2D eigenvalue weighted by molar-refractivity contribution is 5.41. The molecule has 0 amide bonds. The van der Waals surface area contributed by atoms with E-state index in [-0.39, 0.29) is 17.8 Å². The summed E-state index contributed by atoms with van der Waals surface area (Å²) < 4.78 is 17.2. The molecule has 2 nitrogen and oxygen atoms in total. The Morgan fingerprint density at radius 1 is 1.38 bits per heavy atom. The molecule has 0 spiro atoms. The Kier molecular flexibility index (Phi) is 2.00. The standard InChI is InChI=1S/C10H8FO2/c11-8-3-1-7(2-4-8)9-5-10(9)13-6-12/h1-4,9-10H,5H2/t9-,10-/m0/s1. The van der Waals surface area contributed by atoms with Crippen molar-refractivity contribution >= 4 is 6.47 Å². The molecule has 2 rings (SSSR count). The van der Waals surface area contributed by atoms with Crippen molar-refractivity contribution in [3.8, 4) is 0 Å². The zero-order valence-corrected chi connectivity index (χ0v) is 6.87. The lowest BCUT2D eigenvalue weighted by atomic mass is 10.1. The van der Waals surface area contributed by atoms with Gasteiger partial charge in [-0.2, -0.15) is 0 Å². The molecule has 67 valence electrons. The fourth-order valence-electron chi connectivity index (χ4n) is 1.42. The Labute approximate surface area is 75.3 Å². The Morgan fingerprint density at radius 2 is 2.08 bits per heavy atom. The summed E-state index contributed by atoms with van der Waals surface area (Å²) in [5.74, 6) is -0.00846. The SMILES string of the molecule is O=[C]O[C@H]1C[C@H]1c1ccc(F)cc1. The normalized spacial score (nSPS) is 25.3. The molecule has 1 radical (unpaired) electrons. The van der Waals surface area contributed by atoms with Gasteiger partial charge < -0.3 is 4.74 Å². The summed E-state index contributed by atoms with van der Waals surface area (Å²) in [5.41, 5.74) is 1.02. The maximum absolute atomic E-state index is 12.5. The van der Waals surface area contributed by atoms with E-state index in [2.05, 4.69) is 4.74 Å². The molecule has 0 aromatic heterocycles. The van der Waals surface area contributed by atoms with E-state index >= 15 is 0 Å². The monoisotopic (exact) mass is 179 g/mol. The first kappa shape index (κ1) is 8.23. The van der Waals surface area contributed by atoms with Gasteiger partial charge in [0, 0.05) is 5.92 Å². The third-order valence-electron chi connectivity index (χ3n) is 2.23. The Hall–Kier alpha value is -1.38. The van der Waals surface area contributed by atoms with Crippen LogP contribution in [0.15, 0.2) is 24.3 Å². The molecule has 3 heteroatoms. The predicted molar refractivity (Wildman–Crippen MR) is 44.3 cm³/mol. The van der Waals surface area contributed by atoms with Gasteiger partial charge in [-0.1, -0.05) is 12.1 Å². The Morgan fingerprint density at radius 3 is 2.69 bits per heavy atom. The van der Waals surface area contributed by atoms with Crippen LogP contribution in [0.3, 0.4) is 0 Å². The van der Waals surface area contributed by atoms with E-state index in [1.54, 1.807) is 12.1 Å². The lowest BCUT2D eigenvalue weighted by molar-refractivity contribution is 0.259. The third kappa shape index (κ3) is 1.69. The molecule has 1 aliphatic rings. The molecule has 1 saturated carbocycles. The number of carbonyl (C=O) groups excluding carboxylic acids is 1. The van der Waals surface area contributed by atoms with Gasteiger partial charge in [-0.25, -0.2) is 9.18 Å². The molecule has 0 saturated heterocycles. The predicted octanol–water partition coefficient (Wildman–Crippen LogP) is 1.77. The topological polar surface area (TPSA) is 26.3 Å². The van der Waals surface area contributed by atoms with Gasteiger partial charge in [-0.3, -0.25) is 0 Å². The first-order valence-electron chi connectivity index (χ1n) is 4.09. The van der Waals surface area contributed by atoms with Crippen molar-refractivity contribution in [1.82, 2.24) is 0 Å². The van der Waals surface area contributed by atoms with Crippen molar-refractivity contribution in [2.24, 2.45) is 0 Å². The van der Waals surface area contributed by atoms with Gasteiger partial charge in [0.2, 0.25) is 0 Å². The van der Waals surface area contributed by atoms with Crippen LogP contribution in [0, 0.1) is 5.82 Å². The summed E-state index contributed by atoms with van der Waals surface area (Å²) in [6.07, 6.45) is 0.767. The van der Waals surface area contributed by atoms with Crippen molar-refractivity contribution in [3.05, 3.63) is 35.6 Å². The van der Waals surface area contributed by atoms with Crippen LogP contribution in [-0.4, -0.2) is 12.6 Å². The summed E-state index contributed by atoms with van der Waals surface area (Å²) in [6, 6.07) is 6.26. The maximum atomic E-state index is 12.5. The van der Waals surface area contributed by atoms with E-state index in [0.717, 1.165) is 12.0 Å². The number of hydrogen-bond donors (Lipinski definition) is 0. The van der Waals surface area contributed by atoms with Crippen molar-refractivity contribution in [1.29, 1.82) is 0 Å². The summed E-state index contributed by atoms with van der Waals surface area (Å²) in [4.78, 5) is 9.88. The van der Waals surface area contributed by atoms with Gasteiger partial charge >= 0.3 is 6.47 Å². The van der Waals surface area contributed by atoms with Crippen LogP contribution in [0.2, 0.25) is 0 Å². The molecule has 1 fully saturated rings. The highest BCUT2D eigenvalue weighted by atomic mass is 19.1. The quantitative estimate of drug-likeness (QED) is 0.706. The lowest BCUT2D eigenvalue weighted by Crippen LogP contribution is -1.93. The van der Waals surface area contributed by atoms with Crippen LogP contribution in [0.4, 0.5) is 4.39 Å². The van der Waals surface area contributed by atoms with Crippen molar-refractivity contribution in [2.75, 3.05) is 0 Å². The highest BCUT2D eigenvalue weighted by Crippen LogP contribution is 2.42. The largest absolute Gasteiger partial charge is 0.453 e. The van der Waals surface area contributed by atoms with Crippen molar-refractivity contribution < 1.29 is 13.9 Å². The molecule has 13 heavy (non-hydrogen) atoms. The van der Waals surface area contributed by atoms with Crippen molar-refractivity contribution in [2.45, 2.75) is 18.4 Å². The fourth-order valence-corrected chi connectivity index (χ4v) is 1.42. The van der Waals surface area contributed by atoms with Crippen LogP contribution in [0.1, 0.15) is 17.9 Å². The second-order valence-corrected chi connectivity index (χ2v) is 3.13. The molecule has 0 unspecified atom stereocenters. The van der Waals surface area contributed by atoms with E-state index in [1.807, 2.05) is 0 Å². The molecule has 0 N–H and O–H groups in total. The minimum atomic E-state index is -0.246. The average Bonchev–Trinajstić information content (AvgIpc) is 2.86. The molecular formula is C10H8FO2. The van der Waals surface area contributed by atoms with E-state index < -0.39 is 0 Å². The molecule has 1 aliphatic carbocycles. The Bertz CT molecular complexity index is 307. The molecule has 1 aromatic carbocycles. The van der Waals surface area contributed by atoms with E-state index in [1.165, 1.54) is 18.6 Å². The molecule has 0 heterocycles. The molecular weight excluding hydrogens is 171 g/mol. The first-order valence-corrected chi connectivity index (χ1v) is 4.09. The summed E-state index contributed by atoms with van der Waals surface area (Å²) in [6.45, 7) is 1.42. The van der Waals surface area contributed by atoms with E-state index in [9.17, 15) is 9.18 Å². The number of benzene rings is 1. The molecule has 1 aromatic rings. The number of hydrogen-bond acceptors (Lipinski definition) is 2. The van der Waals surface area contributed by atoms with Gasteiger partial charge in [0.1, 0.15) is 11.9 Å². The maximum Gasteiger partial charge on any atom is 0.417 e. The van der Waals surface area contributed by atoms with Gasteiger partial charge in [0.15, 0.2) is 0 Å². The van der Waals surface area contributed by atoms with Gasteiger partial charge in [0.05, 0.1) is 0 Å². The lowest BCUT2D eigenvalue weighted by Gasteiger charge is -1.97. The zero-order chi connectivity index (χ0) is 9.26. The third-order valence-corrected chi connectivity index (χ3v) is 2.23. The smallest absolute Gasteiger partial charge is 0.417 e. The van der Waals surface area contributed by atoms with Crippen LogP contribution in [0.5, 0.6) is 0 Å².